The predicted octanol–water partition coefficient (Wildman–Crippen LogP) is 4.75. The molecule has 0 radical (unpaired) electrons. The molecule has 0 saturated carbocycles. The molecular weight excluding hydrogens is 268 g/mol. The fourth-order valence-electron chi connectivity index (χ4n) is 2.40. The lowest BCUT2D eigenvalue weighted by atomic mass is 10.00. The zero-order valence-corrected chi connectivity index (χ0v) is 12.7. The first-order valence-corrected chi connectivity index (χ1v) is 6.89. The van der Waals surface area contributed by atoms with Crippen molar-refractivity contribution in [2.75, 3.05) is 5.32 Å². The third-order valence-electron chi connectivity index (χ3n) is 3.40. The van der Waals surface area contributed by atoms with E-state index >= 15 is 0 Å². The number of halogens is 1. The molecule has 0 saturated heterocycles. The first kappa shape index (κ1) is 14.4. The van der Waals surface area contributed by atoms with E-state index < -0.39 is 0 Å². The highest BCUT2D eigenvalue weighted by molar-refractivity contribution is 6.31. The van der Waals surface area contributed by atoms with E-state index in [0.29, 0.717) is 10.6 Å². The standard InChI is InChI=1S/C17H17ClN2/c1-11-6-12(2)16(13(3)7-11)10-20-15-4-5-17(18)14(8-15)9-19/h4-8,20H,10H2,1-3H3. The molecule has 0 aliphatic carbocycles. The van der Waals surface area contributed by atoms with Crippen molar-refractivity contribution < 1.29 is 0 Å². The van der Waals surface area contributed by atoms with Gasteiger partial charge < -0.3 is 5.32 Å². The second kappa shape index (κ2) is 5.98. The van der Waals surface area contributed by atoms with E-state index in [-0.39, 0.29) is 0 Å². The van der Waals surface area contributed by atoms with Crippen molar-refractivity contribution in [1.29, 1.82) is 5.26 Å². The van der Waals surface area contributed by atoms with Crippen LogP contribution in [0.15, 0.2) is 30.3 Å². The Kier molecular flexibility index (Phi) is 4.32. The summed E-state index contributed by atoms with van der Waals surface area (Å²) in [7, 11) is 0. The zero-order valence-electron chi connectivity index (χ0n) is 11.9. The van der Waals surface area contributed by atoms with Crippen LogP contribution in [0.5, 0.6) is 0 Å². The molecule has 0 amide bonds. The number of nitriles is 1. The fourth-order valence-corrected chi connectivity index (χ4v) is 2.56. The van der Waals surface area contributed by atoms with Crippen LogP contribution in [0, 0.1) is 32.1 Å². The molecule has 0 bridgehead atoms. The summed E-state index contributed by atoms with van der Waals surface area (Å²) in [6.07, 6.45) is 0. The summed E-state index contributed by atoms with van der Waals surface area (Å²) in [5.41, 5.74) is 6.54. The molecular formula is C17H17ClN2. The molecule has 0 unspecified atom stereocenters. The Balaban J connectivity index is 2.20. The normalized spacial score (nSPS) is 10.2. The van der Waals surface area contributed by atoms with Gasteiger partial charge in [0.2, 0.25) is 0 Å². The Morgan fingerprint density at radius 3 is 2.35 bits per heavy atom. The average molecular weight is 285 g/mol. The van der Waals surface area contributed by atoms with Crippen LogP contribution in [0.25, 0.3) is 0 Å². The molecule has 2 rings (SSSR count). The lowest BCUT2D eigenvalue weighted by Crippen LogP contribution is -2.04. The van der Waals surface area contributed by atoms with Gasteiger partial charge in [0, 0.05) is 12.2 Å². The Bertz CT molecular complexity index is 661. The molecule has 0 spiro atoms. The van der Waals surface area contributed by atoms with Gasteiger partial charge in [0.15, 0.2) is 0 Å². The monoisotopic (exact) mass is 284 g/mol. The molecule has 0 fully saturated rings. The smallest absolute Gasteiger partial charge is 0.101 e. The Morgan fingerprint density at radius 2 is 1.75 bits per heavy atom. The summed E-state index contributed by atoms with van der Waals surface area (Å²) >= 11 is 5.93. The van der Waals surface area contributed by atoms with Crippen LogP contribution >= 0.6 is 11.6 Å². The molecule has 0 heterocycles. The van der Waals surface area contributed by atoms with Crippen LogP contribution in [0.2, 0.25) is 5.02 Å². The van der Waals surface area contributed by atoms with Crippen LogP contribution < -0.4 is 5.32 Å². The van der Waals surface area contributed by atoms with Gasteiger partial charge >= 0.3 is 0 Å². The predicted molar refractivity (Wildman–Crippen MR) is 84.1 cm³/mol. The molecule has 0 aromatic heterocycles. The molecule has 2 nitrogen and oxygen atoms in total. The van der Waals surface area contributed by atoms with Crippen LogP contribution in [0.1, 0.15) is 27.8 Å². The number of rotatable bonds is 3. The maximum atomic E-state index is 8.98. The minimum Gasteiger partial charge on any atom is -0.381 e. The summed E-state index contributed by atoms with van der Waals surface area (Å²) in [5, 5.41) is 12.8. The van der Waals surface area contributed by atoms with Gasteiger partial charge in [0.05, 0.1) is 10.6 Å². The van der Waals surface area contributed by atoms with Gasteiger partial charge in [-0.15, -0.1) is 0 Å². The number of anilines is 1. The highest BCUT2D eigenvalue weighted by atomic mass is 35.5. The fraction of sp³-hybridized carbons (Fsp3) is 0.235. The molecule has 0 aliphatic rings. The number of hydrogen-bond donors (Lipinski definition) is 1. The summed E-state index contributed by atoms with van der Waals surface area (Å²) in [6, 6.07) is 11.9. The number of hydrogen-bond acceptors (Lipinski definition) is 2. The molecule has 2 aromatic carbocycles. The lowest BCUT2D eigenvalue weighted by molar-refractivity contribution is 1.08. The van der Waals surface area contributed by atoms with Crippen LogP contribution in [0.3, 0.4) is 0 Å². The SMILES string of the molecule is Cc1cc(C)c(CNc2ccc(Cl)c(C#N)c2)c(C)c1. The molecule has 0 aliphatic heterocycles. The van der Waals surface area contributed by atoms with Crippen molar-refractivity contribution in [1.82, 2.24) is 0 Å². The van der Waals surface area contributed by atoms with Gasteiger partial charge in [-0.3, -0.25) is 0 Å². The Hall–Kier alpha value is -1.98. The van der Waals surface area contributed by atoms with Crippen molar-refractivity contribution in [3.63, 3.8) is 0 Å². The Morgan fingerprint density at radius 1 is 1.10 bits per heavy atom. The highest BCUT2D eigenvalue weighted by Crippen LogP contribution is 2.22. The van der Waals surface area contributed by atoms with Gasteiger partial charge in [-0.2, -0.15) is 5.26 Å². The maximum Gasteiger partial charge on any atom is 0.101 e. The topological polar surface area (TPSA) is 35.8 Å². The van der Waals surface area contributed by atoms with Gasteiger partial charge in [-0.1, -0.05) is 29.3 Å². The van der Waals surface area contributed by atoms with Crippen molar-refractivity contribution in [2.45, 2.75) is 27.3 Å². The summed E-state index contributed by atoms with van der Waals surface area (Å²) in [5.74, 6) is 0. The number of aryl methyl sites for hydroxylation is 3. The quantitative estimate of drug-likeness (QED) is 0.883. The second-order valence-electron chi connectivity index (χ2n) is 5.04. The van der Waals surface area contributed by atoms with Crippen LogP contribution in [0.4, 0.5) is 5.69 Å². The zero-order chi connectivity index (χ0) is 14.7. The number of nitrogens with zero attached hydrogens (tertiary/aromatic N) is 1. The van der Waals surface area contributed by atoms with E-state index in [9.17, 15) is 0 Å². The summed E-state index contributed by atoms with van der Waals surface area (Å²) in [6.45, 7) is 7.10. The van der Waals surface area contributed by atoms with Gasteiger partial charge in [-0.25, -0.2) is 0 Å². The Labute approximate surface area is 125 Å². The van der Waals surface area contributed by atoms with E-state index in [1.165, 1.54) is 22.3 Å². The van der Waals surface area contributed by atoms with E-state index in [2.05, 4.69) is 44.3 Å². The minimum absolute atomic E-state index is 0.487. The average Bonchev–Trinajstić information content (AvgIpc) is 2.39. The molecule has 20 heavy (non-hydrogen) atoms. The van der Waals surface area contributed by atoms with Crippen LogP contribution in [-0.2, 0) is 6.54 Å². The molecule has 1 N–H and O–H groups in total. The van der Waals surface area contributed by atoms with Gasteiger partial charge in [0.25, 0.3) is 0 Å². The third-order valence-corrected chi connectivity index (χ3v) is 3.73. The van der Waals surface area contributed by atoms with Gasteiger partial charge in [-0.05, 0) is 55.7 Å². The molecule has 0 atom stereocenters. The molecule has 2 aromatic rings. The van der Waals surface area contributed by atoms with E-state index in [4.69, 9.17) is 16.9 Å². The van der Waals surface area contributed by atoms with Crippen molar-refractivity contribution >= 4 is 17.3 Å². The summed E-state index contributed by atoms with van der Waals surface area (Å²) < 4.78 is 0. The van der Waals surface area contributed by atoms with E-state index in [1.54, 1.807) is 12.1 Å². The largest absolute Gasteiger partial charge is 0.381 e. The van der Waals surface area contributed by atoms with Gasteiger partial charge in [0.1, 0.15) is 6.07 Å². The molecule has 102 valence electrons. The van der Waals surface area contributed by atoms with E-state index in [1.807, 2.05) is 6.07 Å². The number of nitrogens with one attached hydrogen (secondary N) is 1. The highest BCUT2D eigenvalue weighted by Gasteiger charge is 2.05. The minimum atomic E-state index is 0.487. The van der Waals surface area contributed by atoms with Crippen molar-refractivity contribution in [2.24, 2.45) is 0 Å². The second-order valence-corrected chi connectivity index (χ2v) is 5.44. The van der Waals surface area contributed by atoms with E-state index in [0.717, 1.165) is 12.2 Å². The van der Waals surface area contributed by atoms with Crippen molar-refractivity contribution in [3.05, 3.63) is 63.2 Å². The first-order chi connectivity index (χ1) is 9.51. The first-order valence-electron chi connectivity index (χ1n) is 6.51. The summed E-state index contributed by atoms with van der Waals surface area (Å²) in [4.78, 5) is 0. The van der Waals surface area contributed by atoms with Crippen molar-refractivity contribution in [3.8, 4) is 6.07 Å². The van der Waals surface area contributed by atoms with Crippen LogP contribution in [-0.4, -0.2) is 0 Å². The maximum absolute atomic E-state index is 8.98. The third kappa shape index (κ3) is 3.12. The molecule has 3 heteroatoms. The lowest BCUT2D eigenvalue weighted by Gasteiger charge is -2.13. The number of benzene rings is 2.